The third-order valence-electron chi connectivity index (χ3n) is 10.9. The van der Waals surface area contributed by atoms with Crippen LogP contribution in [0.1, 0.15) is 104 Å². The number of allylic oxidation sites excluding steroid dienone is 2. The van der Waals surface area contributed by atoms with Crippen LogP contribution in [0.2, 0.25) is 0 Å². The Labute approximate surface area is 310 Å². The van der Waals surface area contributed by atoms with Crippen LogP contribution < -0.4 is 0 Å². The molecule has 2 aromatic heterocycles. The van der Waals surface area contributed by atoms with Gasteiger partial charge in [-0.15, -0.1) is 40.5 Å². The summed E-state index contributed by atoms with van der Waals surface area (Å²) >= 11 is 1.86. The van der Waals surface area contributed by atoms with E-state index in [0.717, 1.165) is 60.7 Å². The fourth-order valence-corrected chi connectivity index (χ4v) is 7.76. The van der Waals surface area contributed by atoms with Crippen molar-refractivity contribution < 1.29 is 30.0 Å². The van der Waals surface area contributed by atoms with Crippen LogP contribution in [0.4, 0.5) is 0 Å². The van der Waals surface area contributed by atoms with Crippen LogP contribution in [0.5, 0.6) is 0 Å². The van der Waals surface area contributed by atoms with Crippen molar-refractivity contribution in [3.05, 3.63) is 94.8 Å². The van der Waals surface area contributed by atoms with E-state index in [2.05, 4.69) is 81.4 Å². The van der Waals surface area contributed by atoms with Crippen molar-refractivity contribution in [1.82, 2.24) is 9.97 Å². The van der Waals surface area contributed by atoms with Crippen molar-refractivity contribution >= 4 is 38.1 Å². The third kappa shape index (κ3) is 7.62. The minimum absolute atomic E-state index is 0. The second-order valence-electron chi connectivity index (χ2n) is 14.8. The summed E-state index contributed by atoms with van der Waals surface area (Å²) in [6.45, 7) is 18.9. The van der Waals surface area contributed by atoms with Gasteiger partial charge in [-0.1, -0.05) is 116 Å². The van der Waals surface area contributed by atoms with Gasteiger partial charge in [0.25, 0.3) is 0 Å². The van der Waals surface area contributed by atoms with E-state index in [4.69, 9.17) is 9.97 Å². The smallest absolute Gasteiger partial charge is 0.164 e. The van der Waals surface area contributed by atoms with Gasteiger partial charge in [0.2, 0.25) is 0 Å². The van der Waals surface area contributed by atoms with E-state index in [1.807, 2.05) is 52.9 Å². The van der Waals surface area contributed by atoms with E-state index in [0.29, 0.717) is 0 Å². The zero-order valence-corrected chi connectivity index (χ0v) is 33.8. The standard InChI is InChI=1S/C28H23N2S.C15H28O2.Ir/c1-28(2,3)22-15-19(14-18-9-5-6-10-20(18)22)25-27-26(30-16-29-25)24-21-11-7-4-8-17(21)12-13-23(24)31-27;1-7-14(5,8-2)12(16)11-13(17)15(6,9-3)10-4;/h4-11,15-16H,12-13H2,1-3H3;11,16H,7-10H2,1-6H3;/q-1;;/b;12-11-;. The van der Waals surface area contributed by atoms with Gasteiger partial charge in [0.15, 0.2) is 5.78 Å². The van der Waals surface area contributed by atoms with Gasteiger partial charge < -0.3 is 5.11 Å². The van der Waals surface area contributed by atoms with Crippen molar-refractivity contribution in [2.75, 3.05) is 0 Å². The first kappa shape index (κ1) is 38.6. The van der Waals surface area contributed by atoms with E-state index in [1.54, 1.807) is 6.33 Å². The number of aryl methyl sites for hydroxylation is 2. The normalized spacial score (nSPS) is 13.3. The van der Waals surface area contributed by atoms with Gasteiger partial charge in [0.05, 0.1) is 5.52 Å². The fraction of sp³-hybridized carbons (Fsp3) is 0.419. The van der Waals surface area contributed by atoms with Gasteiger partial charge in [-0.25, -0.2) is 4.98 Å². The van der Waals surface area contributed by atoms with Crippen LogP contribution in [-0.2, 0) is 43.2 Å². The van der Waals surface area contributed by atoms with Crippen LogP contribution in [-0.4, -0.2) is 20.9 Å². The van der Waals surface area contributed by atoms with Crippen LogP contribution in [0, 0.1) is 16.9 Å². The number of aromatic nitrogens is 2. The van der Waals surface area contributed by atoms with E-state index < -0.39 is 0 Å². The van der Waals surface area contributed by atoms with Crippen molar-refractivity contribution in [1.29, 1.82) is 0 Å². The molecule has 3 aromatic carbocycles. The number of benzene rings is 3. The number of nitrogens with zero attached hydrogens (tertiary/aromatic N) is 2. The van der Waals surface area contributed by atoms with E-state index in [9.17, 15) is 9.90 Å². The van der Waals surface area contributed by atoms with Gasteiger partial charge in [-0.2, -0.15) is 0 Å². The topological polar surface area (TPSA) is 63.1 Å². The molecule has 1 aliphatic rings. The molecule has 1 radical (unpaired) electrons. The summed E-state index contributed by atoms with van der Waals surface area (Å²) in [5.74, 6) is 0.286. The molecule has 0 saturated heterocycles. The minimum Gasteiger partial charge on any atom is -0.512 e. The first-order chi connectivity index (χ1) is 22.8. The molecule has 4 nitrogen and oxygen atoms in total. The average molecular weight is 852 g/mol. The molecular weight excluding hydrogens is 801 g/mol. The predicted octanol–water partition coefficient (Wildman–Crippen LogP) is 12.0. The van der Waals surface area contributed by atoms with Crippen molar-refractivity contribution in [3.63, 3.8) is 0 Å². The number of ketones is 1. The van der Waals surface area contributed by atoms with Crippen LogP contribution in [0.15, 0.2) is 72.8 Å². The molecule has 1 aliphatic carbocycles. The molecule has 1 N–H and O–H groups in total. The number of carbonyl (C=O) groups is 1. The first-order valence-electron chi connectivity index (χ1n) is 17.6. The molecule has 0 unspecified atom stereocenters. The summed E-state index contributed by atoms with van der Waals surface area (Å²) in [5.41, 5.74) is 7.95. The molecule has 0 aliphatic heterocycles. The molecule has 2 heterocycles. The van der Waals surface area contributed by atoms with Gasteiger partial charge in [0, 0.05) is 57.8 Å². The molecule has 6 heteroatoms. The second kappa shape index (κ2) is 15.4. The third-order valence-corrected chi connectivity index (χ3v) is 12.1. The predicted molar refractivity (Wildman–Crippen MR) is 204 cm³/mol. The number of carbonyl (C=O) groups excluding carboxylic acids is 1. The number of thiophene rings is 1. The van der Waals surface area contributed by atoms with Gasteiger partial charge in [-0.3, -0.25) is 9.78 Å². The SMILES string of the molecule is CC(C)(C)c1cc(-c2ncnc3c4c(sc23)CCc2ccccc2-4)[c-]c2ccccc12.CCC(C)(CC)C(=O)/C=C(\O)C(C)(CC)CC.[Ir]. The van der Waals surface area contributed by atoms with Gasteiger partial charge >= 0.3 is 0 Å². The number of hydrogen-bond acceptors (Lipinski definition) is 5. The molecule has 0 bridgehead atoms. The summed E-state index contributed by atoms with van der Waals surface area (Å²) in [6, 6.07) is 23.3. The summed E-state index contributed by atoms with van der Waals surface area (Å²) < 4.78 is 1.18. The molecule has 49 heavy (non-hydrogen) atoms. The molecule has 0 amide bonds. The number of rotatable bonds is 8. The van der Waals surface area contributed by atoms with Gasteiger partial charge in [-0.05, 0) is 55.1 Å². The Morgan fingerprint density at radius 1 is 0.878 bits per heavy atom. The van der Waals surface area contributed by atoms with E-state index >= 15 is 0 Å². The monoisotopic (exact) mass is 852 g/mol. The molecule has 6 rings (SSSR count). The maximum atomic E-state index is 12.2. The fourth-order valence-electron chi connectivity index (χ4n) is 6.49. The second-order valence-corrected chi connectivity index (χ2v) is 15.9. The quantitative estimate of drug-likeness (QED) is 0.0960. The number of aliphatic hydroxyl groups is 1. The minimum atomic E-state index is -0.337. The Morgan fingerprint density at radius 2 is 1.51 bits per heavy atom. The molecule has 0 fully saturated rings. The molecular formula is C43H51IrN2O2S-. The Bertz CT molecular complexity index is 1980. The Hall–Kier alpha value is -3.18. The molecule has 0 spiro atoms. The van der Waals surface area contributed by atoms with Crippen molar-refractivity contribution in [2.45, 2.75) is 106 Å². The molecule has 5 aromatic rings. The number of aliphatic hydroxyl groups excluding tert-OH is 1. The maximum absolute atomic E-state index is 12.2. The van der Waals surface area contributed by atoms with E-state index in [1.165, 1.54) is 43.3 Å². The van der Waals surface area contributed by atoms with Crippen LogP contribution >= 0.6 is 11.3 Å². The van der Waals surface area contributed by atoms with Crippen LogP contribution in [0.25, 0.3) is 43.4 Å². The summed E-state index contributed by atoms with van der Waals surface area (Å²) in [5, 5.41) is 12.5. The summed E-state index contributed by atoms with van der Waals surface area (Å²) in [4.78, 5) is 23.1. The number of fused-ring (bicyclic) bond motifs is 6. The average Bonchev–Trinajstić information content (AvgIpc) is 3.49. The van der Waals surface area contributed by atoms with Gasteiger partial charge in [0.1, 0.15) is 12.1 Å². The number of hydrogen-bond donors (Lipinski definition) is 1. The Kier molecular flexibility index (Phi) is 12.1. The maximum Gasteiger partial charge on any atom is 0.164 e. The van der Waals surface area contributed by atoms with Crippen molar-refractivity contribution in [3.8, 4) is 22.4 Å². The zero-order valence-electron chi connectivity index (χ0n) is 30.6. The van der Waals surface area contributed by atoms with Crippen LogP contribution in [0.3, 0.4) is 0 Å². The first-order valence-corrected chi connectivity index (χ1v) is 18.4. The largest absolute Gasteiger partial charge is 0.512 e. The molecule has 0 saturated carbocycles. The molecule has 261 valence electrons. The van der Waals surface area contributed by atoms with Crippen molar-refractivity contribution in [2.24, 2.45) is 10.8 Å². The molecule has 0 atom stereocenters. The Balaban J connectivity index is 0.000000260. The summed E-state index contributed by atoms with van der Waals surface area (Å²) in [6.07, 6.45) is 8.64. The summed E-state index contributed by atoms with van der Waals surface area (Å²) in [7, 11) is 0. The zero-order chi connectivity index (χ0) is 34.9. The van der Waals surface area contributed by atoms with E-state index in [-0.39, 0.29) is 47.9 Å². The Morgan fingerprint density at radius 3 is 2.16 bits per heavy atom.